The lowest BCUT2D eigenvalue weighted by Crippen LogP contribution is -2.08. The lowest BCUT2D eigenvalue weighted by Gasteiger charge is -2.11. The summed E-state index contributed by atoms with van der Waals surface area (Å²) in [6.45, 7) is 1.47. The summed E-state index contributed by atoms with van der Waals surface area (Å²) in [5.41, 5.74) is -0.245. The van der Waals surface area contributed by atoms with Gasteiger partial charge < -0.3 is 9.52 Å². The van der Waals surface area contributed by atoms with Crippen LogP contribution in [0.4, 0.5) is 13.2 Å². The molecule has 0 radical (unpaired) electrons. The van der Waals surface area contributed by atoms with E-state index in [0.29, 0.717) is 5.69 Å². The molecule has 0 saturated heterocycles. The molecule has 1 aromatic carbocycles. The average molecular weight is 387 g/mol. The number of carboxylic acids is 1. The Bertz CT molecular complexity index is 1180. The Morgan fingerprint density at radius 1 is 1.18 bits per heavy atom. The number of aromatic nitrogens is 3. The summed E-state index contributed by atoms with van der Waals surface area (Å²) in [5.74, 6) is -0.912. The predicted molar refractivity (Wildman–Crippen MR) is 93.3 cm³/mol. The number of aryl methyl sites for hydroxylation is 1. The third-order valence-corrected chi connectivity index (χ3v) is 4.25. The molecule has 9 heteroatoms. The lowest BCUT2D eigenvalue weighted by molar-refractivity contribution is -0.136. The van der Waals surface area contributed by atoms with Gasteiger partial charge in [0.15, 0.2) is 11.4 Å². The molecule has 28 heavy (non-hydrogen) atoms. The fraction of sp³-hybridized carbons (Fsp3) is 0.105. The number of pyridine rings is 1. The van der Waals surface area contributed by atoms with Gasteiger partial charge in [0.05, 0.1) is 34.2 Å². The van der Waals surface area contributed by atoms with E-state index in [0.717, 1.165) is 6.07 Å². The summed E-state index contributed by atoms with van der Waals surface area (Å²) < 4.78 is 47.6. The maximum Gasteiger partial charge on any atom is 0.417 e. The van der Waals surface area contributed by atoms with Crippen LogP contribution in [0.3, 0.4) is 0 Å². The third-order valence-electron chi connectivity index (χ3n) is 4.25. The highest BCUT2D eigenvalue weighted by Crippen LogP contribution is 2.38. The van der Waals surface area contributed by atoms with Crippen molar-refractivity contribution in [1.82, 2.24) is 14.8 Å². The quantitative estimate of drug-likeness (QED) is 0.551. The summed E-state index contributed by atoms with van der Waals surface area (Å²) in [5, 5.41) is 13.1. The van der Waals surface area contributed by atoms with Crippen LogP contribution in [0.2, 0.25) is 0 Å². The van der Waals surface area contributed by atoms with Gasteiger partial charge in [-0.2, -0.15) is 18.3 Å². The van der Waals surface area contributed by atoms with Crippen molar-refractivity contribution in [2.75, 3.05) is 0 Å². The average Bonchev–Trinajstić information content (AvgIpc) is 3.29. The predicted octanol–water partition coefficient (Wildman–Crippen LogP) is 4.71. The van der Waals surface area contributed by atoms with Gasteiger partial charge >= 0.3 is 12.1 Å². The Kier molecular flexibility index (Phi) is 3.95. The lowest BCUT2D eigenvalue weighted by atomic mass is 10.1. The molecule has 3 aromatic heterocycles. The number of aromatic carboxylic acids is 1. The normalized spacial score (nSPS) is 11.9. The zero-order chi connectivity index (χ0) is 20.1. The number of carbonyl (C=O) groups is 1. The van der Waals surface area contributed by atoms with Crippen LogP contribution < -0.4 is 0 Å². The molecule has 0 saturated carbocycles. The second-order valence-corrected chi connectivity index (χ2v) is 6.08. The molecule has 0 amide bonds. The first kappa shape index (κ1) is 17.8. The molecular weight excluding hydrogens is 375 g/mol. The number of halogens is 3. The molecule has 4 rings (SSSR count). The van der Waals surface area contributed by atoms with E-state index in [4.69, 9.17) is 9.52 Å². The number of benzene rings is 1. The molecule has 4 aromatic rings. The molecule has 0 unspecified atom stereocenters. The first-order valence-electron chi connectivity index (χ1n) is 8.11. The molecule has 6 nitrogen and oxygen atoms in total. The van der Waals surface area contributed by atoms with Crippen LogP contribution in [-0.4, -0.2) is 25.8 Å². The van der Waals surface area contributed by atoms with Crippen molar-refractivity contribution in [3.8, 4) is 17.1 Å². The molecule has 0 spiro atoms. The van der Waals surface area contributed by atoms with E-state index in [1.54, 1.807) is 6.07 Å². The fourth-order valence-corrected chi connectivity index (χ4v) is 2.99. The number of alkyl halides is 3. The van der Waals surface area contributed by atoms with E-state index < -0.39 is 17.7 Å². The minimum Gasteiger partial charge on any atom is -0.478 e. The van der Waals surface area contributed by atoms with Crippen molar-refractivity contribution in [3.63, 3.8) is 0 Å². The van der Waals surface area contributed by atoms with Gasteiger partial charge in [0.2, 0.25) is 0 Å². The highest BCUT2D eigenvalue weighted by Gasteiger charge is 2.36. The van der Waals surface area contributed by atoms with Crippen molar-refractivity contribution in [3.05, 3.63) is 65.5 Å². The number of carboxylic acid groups (broad SMARTS) is 1. The fourth-order valence-electron chi connectivity index (χ4n) is 2.99. The van der Waals surface area contributed by atoms with E-state index in [2.05, 4.69) is 10.1 Å². The summed E-state index contributed by atoms with van der Waals surface area (Å²) in [6, 6.07) is 9.63. The van der Waals surface area contributed by atoms with Crippen LogP contribution in [0.5, 0.6) is 0 Å². The van der Waals surface area contributed by atoms with Gasteiger partial charge in [-0.05, 0) is 49.4 Å². The van der Waals surface area contributed by atoms with E-state index >= 15 is 0 Å². The first-order chi connectivity index (χ1) is 13.3. The summed E-state index contributed by atoms with van der Waals surface area (Å²) >= 11 is 0. The van der Waals surface area contributed by atoms with Crippen molar-refractivity contribution in [1.29, 1.82) is 0 Å². The summed E-state index contributed by atoms with van der Waals surface area (Å²) in [4.78, 5) is 15.4. The summed E-state index contributed by atoms with van der Waals surface area (Å²) in [7, 11) is 0. The Hall–Kier alpha value is -3.62. The number of hydrogen-bond donors (Lipinski definition) is 1. The van der Waals surface area contributed by atoms with Crippen LogP contribution >= 0.6 is 0 Å². The highest BCUT2D eigenvalue weighted by atomic mass is 19.4. The minimum absolute atomic E-state index is 0.00167. The van der Waals surface area contributed by atoms with E-state index in [9.17, 15) is 18.0 Å². The molecule has 0 aliphatic rings. The van der Waals surface area contributed by atoms with E-state index in [1.807, 2.05) is 0 Å². The van der Waals surface area contributed by atoms with E-state index in [1.165, 1.54) is 48.2 Å². The highest BCUT2D eigenvalue weighted by molar-refractivity contribution is 5.88. The SMILES string of the molecule is Cc1nn(-c2ccc(C(=O)O)cc2)c2nc(-c3ccco3)cc(C(F)(F)F)c12. The van der Waals surface area contributed by atoms with Gasteiger partial charge in [0.1, 0.15) is 5.69 Å². The van der Waals surface area contributed by atoms with E-state index in [-0.39, 0.29) is 33.7 Å². The monoisotopic (exact) mass is 387 g/mol. The van der Waals surface area contributed by atoms with Gasteiger partial charge in [0, 0.05) is 0 Å². The third kappa shape index (κ3) is 2.90. The molecule has 1 N–H and O–H groups in total. The Morgan fingerprint density at radius 3 is 2.46 bits per heavy atom. The smallest absolute Gasteiger partial charge is 0.417 e. The van der Waals surface area contributed by atoms with Crippen LogP contribution in [0.1, 0.15) is 21.6 Å². The van der Waals surface area contributed by atoms with Gasteiger partial charge in [0.25, 0.3) is 0 Å². The second kappa shape index (κ2) is 6.22. The standard InChI is InChI=1S/C19H12F3N3O3/c1-10-16-13(19(20,21)22)9-14(15-3-2-8-28-15)23-17(16)25(24-10)12-6-4-11(5-7-12)18(26)27/h2-9H,1H3,(H,26,27). The molecule has 0 bridgehead atoms. The van der Waals surface area contributed by atoms with Crippen molar-refractivity contribution in [2.24, 2.45) is 0 Å². The van der Waals surface area contributed by atoms with Gasteiger partial charge in [-0.15, -0.1) is 0 Å². The van der Waals surface area contributed by atoms with Gasteiger partial charge in [-0.25, -0.2) is 14.5 Å². The van der Waals surface area contributed by atoms with Crippen LogP contribution in [0, 0.1) is 6.92 Å². The molecule has 0 aliphatic heterocycles. The van der Waals surface area contributed by atoms with Crippen LogP contribution in [-0.2, 0) is 6.18 Å². The molecular formula is C19H12F3N3O3. The molecule has 0 aliphatic carbocycles. The van der Waals surface area contributed by atoms with Gasteiger partial charge in [-0.3, -0.25) is 0 Å². The van der Waals surface area contributed by atoms with Crippen molar-refractivity contribution < 1.29 is 27.5 Å². The molecule has 0 atom stereocenters. The maximum absolute atomic E-state index is 13.7. The Balaban J connectivity index is 2.00. The van der Waals surface area contributed by atoms with Crippen LogP contribution in [0.25, 0.3) is 28.2 Å². The number of furan rings is 1. The van der Waals surface area contributed by atoms with Crippen molar-refractivity contribution in [2.45, 2.75) is 13.1 Å². The second-order valence-electron chi connectivity index (χ2n) is 6.08. The molecule has 3 heterocycles. The minimum atomic E-state index is -4.62. The van der Waals surface area contributed by atoms with Crippen LogP contribution in [0.15, 0.2) is 53.1 Å². The zero-order valence-corrected chi connectivity index (χ0v) is 14.4. The number of hydrogen-bond acceptors (Lipinski definition) is 4. The van der Waals surface area contributed by atoms with Gasteiger partial charge in [-0.1, -0.05) is 0 Å². The first-order valence-corrected chi connectivity index (χ1v) is 8.11. The molecule has 0 fully saturated rings. The summed E-state index contributed by atoms with van der Waals surface area (Å²) in [6.07, 6.45) is -3.27. The van der Waals surface area contributed by atoms with Crippen molar-refractivity contribution >= 4 is 17.0 Å². The Labute approximate surface area is 155 Å². The maximum atomic E-state index is 13.7. The zero-order valence-electron chi connectivity index (χ0n) is 14.4. The number of nitrogens with zero attached hydrogens (tertiary/aromatic N) is 3. The topological polar surface area (TPSA) is 81.2 Å². The number of rotatable bonds is 3. The number of fused-ring (bicyclic) bond motifs is 1. The molecule has 142 valence electrons. The Morgan fingerprint density at radius 2 is 1.89 bits per heavy atom. The largest absolute Gasteiger partial charge is 0.478 e.